The predicted molar refractivity (Wildman–Crippen MR) is 135 cm³/mol. The molecule has 2 heterocycles. The monoisotopic (exact) mass is 507 g/mol. The van der Waals surface area contributed by atoms with E-state index in [0.717, 1.165) is 18.4 Å². The van der Waals surface area contributed by atoms with Gasteiger partial charge in [-0.1, -0.05) is 12.1 Å². The molecule has 1 fully saturated rings. The third kappa shape index (κ3) is 5.60. The van der Waals surface area contributed by atoms with Crippen molar-refractivity contribution in [3.05, 3.63) is 69.6 Å². The van der Waals surface area contributed by atoms with Gasteiger partial charge in [-0.3, -0.25) is 14.3 Å². The van der Waals surface area contributed by atoms with Crippen LogP contribution >= 0.6 is 11.9 Å². The molecule has 1 aliphatic carbocycles. The highest BCUT2D eigenvalue weighted by molar-refractivity contribution is 7.99. The van der Waals surface area contributed by atoms with Gasteiger partial charge >= 0.3 is 6.09 Å². The van der Waals surface area contributed by atoms with Gasteiger partial charge in [-0.25, -0.2) is 9.78 Å². The number of benzene rings is 1. The van der Waals surface area contributed by atoms with Crippen molar-refractivity contribution in [2.75, 3.05) is 13.2 Å². The number of carbonyl (C=O) groups is 2. The lowest BCUT2D eigenvalue weighted by Gasteiger charge is -2.17. The first-order valence-corrected chi connectivity index (χ1v) is 12.2. The zero-order valence-corrected chi connectivity index (χ0v) is 20.7. The lowest BCUT2D eigenvalue weighted by atomic mass is 10.1. The van der Waals surface area contributed by atoms with E-state index in [9.17, 15) is 14.4 Å². The van der Waals surface area contributed by atoms with Crippen molar-refractivity contribution in [2.24, 2.45) is 7.05 Å². The molecule has 0 saturated heterocycles. The Kier molecular flexibility index (Phi) is 7.45. The van der Waals surface area contributed by atoms with Crippen LogP contribution in [0.3, 0.4) is 0 Å². The second kappa shape index (κ2) is 10.7. The number of aromatic nitrogens is 2. The lowest BCUT2D eigenvalue weighted by molar-refractivity contribution is 0.0949. The van der Waals surface area contributed by atoms with Gasteiger partial charge in [-0.05, 0) is 61.5 Å². The molecular formula is C25H25N5O5S. The van der Waals surface area contributed by atoms with E-state index in [2.05, 4.69) is 15.0 Å². The third-order valence-corrected chi connectivity index (χ3v) is 7.01. The standard InChI is InChI=1S/C25H25N5O5S/c1-3-34-24(33)29-36-25(9-10-25)15-35-22-20-18(8-11-27-22)12-19(23(32)30(20)2)21(31)28-14-17-6-4-16(13-26)5-7-17/h4-8,11-12H,3,9-10,14-15H2,1-2H3,(H,28,31)(H,29,33). The number of nitrogens with zero attached hydrogens (tertiary/aromatic N) is 3. The molecule has 10 nitrogen and oxygen atoms in total. The minimum atomic E-state index is -0.500. The van der Waals surface area contributed by atoms with Gasteiger partial charge in [0, 0.05) is 25.2 Å². The van der Waals surface area contributed by atoms with E-state index in [-0.39, 0.29) is 29.3 Å². The van der Waals surface area contributed by atoms with E-state index < -0.39 is 17.6 Å². The molecule has 0 aliphatic heterocycles. The number of hydrogen-bond acceptors (Lipinski definition) is 8. The third-order valence-electron chi connectivity index (χ3n) is 5.78. The summed E-state index contributed by atoms with van der Waals surface area (Å²) in [5.41, 5.74) is 1.34. The summed E-state index contributed by atoms with van der Waals surface area (Å²) < 4.78 is 14.6. The highest BCUT2D eigenvalue weighted by atomic mass is 32.2. The molecule has 3 aromatic rings. The number of carbonyl (C=O) groups excluding carboxylic acids is 2. The first kappa shape index (κ1) is 25.1. The quantitative estimate of drug-likeness (QED) is 0.422. The Bertz CT molecular complexity index is 1390. The molecule has 0 atom stereocenters. The predicted octanol–water partition coefficient (Wildman–Crippen LogP) is 3.04. The van der Waals surface area contributed by atoms with Crippen LogP contribution in [-0.2, 0) is 18.3 Å². The summed E-state index contributed by atoms with van der Waals surface area (Å²) in [4.78, 5) is 41.8. The first-order valence-electron chi connectivity index (χ1n) is 11.4. The zero-order valence-electron chi connectivity index (χ0n) is 19.9. The highest BCUT2D eigenvalue weighted by Crippen LogP contribution is 2.47. The maximum atomic E-state index is 13.0. The molecule has 1 saturated carbocycles. The SMILES string of the molecule is CCOC(=O)NSC1(COc2nccc3cc(C(=O)NCc4ccc(C#N)cc4)c(=O)n(C)c23)CC1. The van der Waals surface area contributed by atoms with Crippen LogP contribution in [0.4, 0.5) is 4.79 Å². The van der Waals surface area contributed by atoms with Gasteiger partial charge in [-0.15, -0.1) is 0 Å². The Morgan fingerprint density at radius 3 is 2.67 bits per heavy atom. The van der Waals surface area contributed by atoms with Crippen LogP contribution in [0.2, 0.25) is 0 Å². The van der Waals surface area contributed by atoms with Crippen LogP contribution in [0.15, 0.2) is 47.4 Å². The Labute approximate surface area is 211 Å². The second-order valence-corrected chi connectivity index (χ2v) is 9.64. The van der Waals surface area contributed by atoms with Gasteiger partial charge in [0.15, 0.2) is 0 Å². The molecule has 11 heteroatoms. The average Bonchev–Trinajstić information content (AvgIpc) is 3.67. The van der Waals surface area contributed by atoms with Crippen molar-refractivity contribution in [3.8, 4) is 11.9 Å². The maximum Gasteiger partial charge on any atom is 0.417 e. The molecule has 1 aromatic carbocycles. The van der Waals surface area contributed by atoms with E-state index >= 15 is 0 Å². The number of aryl methyl sites for hydroxylation is 1. The molecule has 1 aliphatic rings. The van der Waals surface area contributed by atoms with Crippen molar-refractivity contribution < 1.29 is 19.1 Å². The number of ether oxygens (including phenoxy) is 2. The van der Waals surface area contributed by atoms with Gasteiger partial charge in [0.05, 0.1) is 23.0 Å². The summed E-state index contributed by atoms with van der Waals surface area (Å²) in [6.07, 6.45) is 2.78. The summed E-state index contributed by atoms with van der Waals surface area (Å²) in [5, 5.41) is 12.3. The van der Waals surface area contributed by atoms with Crippen LogP contribution in [0.25, 0.3) is 10.9 Å². The number of amides is 2. The second-order valence-electron chi connectivity index (χ2n) is 8.36. The van der Waals surface area contributed by atoms with Gasteiger partial charge < -0.3 is 19.4 Å². The zero-order chi connectivity index (χ0) is 25.7. The molecule has 0 radical (unpaired) electrons. The topological polar surface area (TPSA) is 135 Å². The summed E-state index contributed by atoms with van der Waals surface area (Å²) in [6, 6.07) is 12.1. The van der Waals surface area contributed by atoms with Crippen molar-refractivity contribution in [2.45, 2.75) is 31.1 Å². The van der Waals surface area contributed by atoms with E-state index in [1.165, 1.54) is 22.6 Å². The Hall–Kier alpha value is -4.04. The fourth-order valence-electron chi connectivity index (χ4n) is 3.57. The molecule has 36 heavy (non-hydrogen) atoms. The molecule has 0 spiro atoms. The van der Waals surface area contributed by atoms with Crippen molar-refractivity contribution in [1.29, 1.82) is 5.26 Å². The molecule has 4 rings (SSSR count). The van der Waals surface area contributed by atoms with Gasteiger partial charge in [0.2, 0.25) is 5.88 Å². The number of rotatable bonds is 9. The summed E-state index contributed by atoms with van der Waals surface area (Å²) >= 11 is 1.27. The molecular weight excluding hydrogens is 482 g/mol. The fraction of sp³-hybridized carbons (Fsp3) is 0.320. The minimum Gasteiger partial charge on any atom is -0.475 e. The van der Waals surface area contributed by atoms with E-state index in [4.69, 9.17) is 14.7 Å². The summed E-state index contributed by atoms with van der Waals surface area (Å²) in [7, 11) is 1.57. The van der Waals surface area contributed by atoms with Gasteiger partial charge in [0.25, 0.3) is 11.5 Å². The van der Waals surface area contributed by atoms with Crippen LogP contribution in [0, 0.1) is 11.3 Å². The number of pyridine rings is 2. The number of fused-ring (bicyclic) bond motifs is 1. The highest BCUT2D eigenvalue weighted by Gasteiger charge is 2.46. The molecule has 0 bridgehead atoms. The number of hydrogen-bond donors (Lipinski definition) is 2. The summed E-state index contributed by atoms with van der Waals surface area (Å²) in [6.45, 7) is 2.54. The molecule has 0 unspecified atom stereocenters. The van der Waals surface area contributed by atoms with Crippen molar-refractivity contribution >= 4 is 34.9 Å². The summed E-state index contributed by atoms with van der Waals surface area (Å²) in [5.74, 6) is -0.223. The fourth-order valence-corrected chi connectivity index (χ4v) is 4.35. The smallest absolute Gasteiger partial charge is 0.417 e. The molecule has 2 aromatic heterocycles. The van der Waals surface area contributed by atoms with Crippen LogP contribution in [0.1, 0.15) is 41.3 Å². The van der Waals surface area contributed by atoms with Crippen molar-refractivity contribution in [3.63, 3.8) is 0 Å². The van der Waals surface area contributed by atoms with Crippen LogP contribution in [-0.4, -0.2) is 39.5 Å². The van der Waals surface area contributed by atoms with Gasteiger partial charge in [-0.2, -0.15) is 5.26 Å². The normalized spacial score (nSPS) is 13.5. The van der Waals surface area contributed by atoms with Gasteiger partial charge in [0.1, 0.15) is 17.7 Å². The molecule has 186 valence electrons. The largest absolute Gasteiger partial charge is 0.475 e. The maximum absolute atomic E-state index is 13.0. The number of nitrogens with one attached hydrogen (secondary N) is 2. The minimum absolute atomic E-state index is 0.00338. The van der Waals surface area contributed by atoms with Crippen LogP contribution in [0.5, 0.6) is 5.88 Å². The first-order chi connectivity index (χ1) is 17.4. The number of nitriles is 1. The Morgan fingerprint density at radius 1 is 1.25 bits per heavy atom. The molecule has 2 N–H and O–H groups in total. The van der Waals surface area contributed by atoms with Crippen molar-refractivity contribution in [1.82, 2.24) is 19.6 Å². The molecule has 2 amide bonds. The van der Waals surface area contributed by atoms with E-state index in [0.29, 0.717) is 23.1 Å². The Morgan fingerprint density at radius 2 is 2.00 bits per heavy atom. The Balaban J connectivity index is 1.48. The average molecular weight is 508 g/mol. The van der Waals surface area contributed by atoms with Crippen LogP contribution < -0.4 is 20.3 Å². The van der Waals surface area contributed by atoms with E-state index in [1.54, 1.807) is 50.5 Å². The lowest BCUT2D eigenvalue weighted by Crippen LogP contribution is -2.32. The van der Waals surface area contributed by atoms with E-state index in [1.807, 2.05) is 6.07 Å².